The Morgan fingerprint density at radius 1 is 1.30 bits per heavy atom. The minimum atomic E-state index is -1.33. The Morgan fingerprint density at radius 2 is 2.13 bits per heavy atom. The topological polar surface area (TPSA) is 87.8 Å². The van der Waals surface area contributed by atoms with Crippen LogP contribution in [0.15, 0.2) is 52.2 Å². The predicted octanol–water partition coefficient (Wildman–Crippen LogP) is 3.85. The molecule has 0 aliphatic rings. The number of hydrogen-bond acceptors (Lipinski definition) is 6. The summed E-state index contributed by atoms with van der Waals surface area (Å²) in [6, 6.07) is 6.94. The molecule has 4 rings (SSSR count). The number of aromatic nitrogens is 2. The average Bonchev–Trinajstić information content (AvgIpc) is 3.38. The van der Waals surface area contributed by atoms with Crippen molar-refractivity contribution in [2.45, 2.75) is 12.6 Å². The van der Waals surface area contributed by atoms with Crippen LogP contribution in [0, 0.1) is 23.0 Å². The summed E-state index contributed by atoms with van der Waals surface area (Å²) < 4.78 is 28.2. The van der Waals surface area contributed by atoms with E-state index in [1.54, 1.807) is 6.07 Å². The Labute approximate surface area is 176 Å². The van der Waals surface area contributed by atoms with Crippen LogP contribution in [0.1, 0.15) is 11.6 Å². The van der Waals surface area contributed by atoms with Gasteiger partial charge in [0.1, 0.15) is 29.1 Å². The van der Waals surface area contributed by atoms with Crippen molar-refractivity contribution in [1.82, 2.24) is 14.9 Å². The van der Waals surface area contributed by atoms with Crippen LogP contribution in [-0.2, 0) is 11.3 Å². The van der Waals surface area contributed by atoms with Crippen LogP contribution in [-0.4, -0.2) is 15.5 Å². The maximum absolute atomic E-state index is 13.9. The number of nitrogens with one attached hydrogen (secondary N) is 1. The third-order valence-electron chi connectivity index (χ3n) is 4.37. The second-order valence-electron chi connectivity index (χ2n) is 6.28. The molecule has 0 radical (unpaired) electrons. The molecular weight excluding hydrogens is 430 g/mol. The highest BCUT2D eigenvalue weighted by atomic mass is 32.1. The Balaban J connectivity index is 1.60. The molecule has 3 aromatic heterocycles. The third kappa shape index (κ3) is 3.72. The summed E-state index contributed by atoms with van der Waals surface area (Å²) in [4.78, 5) is 31.1. The van der Waals surface area contributed by atoms with Gasteiger partial charge in [0.25, 0.3) is 5.56 Å². The second-order valence-corrected chi connectivity index (χ2v) is 8.09. The molecule has 0 saturated heterocycles. The lowest BCUT2D eigenvalue weighted by Crippen LogP contribution is -2.34. The first kappa shape index (κ1) is 19.9. The Bertz CT molecular complexity index is 1340. The van der Waals surface area contributed by atoms with Crippen LogP contribution in [0.4, 0.5) is 8.78 Å². The monoisotopic (exact) mass is 442 g/mol. The molecule has 150 valence electrons. The molecule has 1 unspecified atom stereocenters. The van der Waals surface area contributed by atoms with E-state index in [1.807, 2.05) is 22.9 Å². The number of carbonyl (C=O) groups is 1. The van der Waals surface area contributed by atoms with E-state index in [9.17, 15) is 23.6 Å². The van der Waals surface area contributed by atoms with Gasteiger partial charge in [-0.3, -0.25) is 14.2 Å². The number of nitriles is 1. The fourth-order valence-electron chi connectivity index (χ4n) is 2.97. The molecule has 0 aliphatic carbocycles. The van der Waals surface area contributed by atoms with E-state index >= 15 is 0 Å². The number of benzene rings is 1. The molecule has 4 aromatic rings. The van der Waals surface area contributed by atoms with Crippen molar-refractivity contribution in [3.63, 3.8) is 0 Å². The van der Waals surface area contributed by atoms with Crippen LogP contribution in [0.5, 0.6) is 0 Å². The molecule has 10 heteroatoms. The first-order valence-corrected chi connectivity index (χ1v) is 10.4. The molecule has 0 spiro atoms. The highest BCUT2D eigenvalue weighted by Gasteiger charge is 2.20. The van der Waals surface area contributed by atoms with Crippen LogP contribution in [0.3, 0.4) is 0 Å². The van der Waals surface area contributed by atoms with Crippen molar-refractivity contribution >= 4 is 38.8 Å². The predicted molar refractivity (Wildman–Crippen MR) is 110 cm³/mol. The van der Waals surface area contributed by atoms with Gasteiger partial charge in [-0.2, -0.15) is 5.26 Å². The van der Waals surface area contributed by atoms with E-state index < -0.39 is 30.1 Å². The summed E-state index contributed by atoms with van der Waals surface area (Å²) in [7, 11) is 0. The normalized spacial score (nSPS) is 11.9. The maximum Gasteiger partial charge on any atom is 0.263 e. The summed E-state index contributed by atoms with van der Waals surface area (Å²) in [5.41, 5.74) is 0.202. The lowest BCUT2D eigenvalue weighted by Gasteiger charge is -2.13. The van der Waals surface area contributed by atoms with Crippen LogP contribution in [0.25, 0.3) is 20.7 Å². The quantitative estimate of drug-likeness (QED) is 0.509. The fraction of sp³-hybridized carbons (Fsp3) is 0.100. The maximum atomic E-state index is 13.9. The van der Waals surface area contributed by atoms with Gasteiger partial charge in [-0.1, -0.05) is 12.1 Å². The second kappa shape index (κ2) is 8.14. The Morgan fingerprint density at radius 3 is 2.83 bits per heavy atom. The number of thiophene rings is 2. The molecule has 30 heavy (non-hydrogen) atoms. The number of fused-ring (bicyclic) bond motifs is 1. The van der Waals surface area contributed by atoms with Gasteiger partial charge in [-0.15, -0.1) is 22.7 Å². The summed E-state index contributed by atoms with van der Waals surface area (Å²) >= 11 is 2.82. The van der Waals surface area contributed by atoms with E-state index in [2.05, 4.69) is 10.3 Å². The van der Waals surface area contributed by atoms with Crippen molar-refractivity contribution in [1.29, 1.82) is 5.26 Å². The zero-order valence-electron chi connectivity index (χ0n) is 15.1. The Kier molecular flexibility index (Phi) is 5.39. The zero-order chi connectivity index (χ0) is 21.3. The minimum absolute atomic E-state index is 0.161. The zero-order valence-corrected chi connectivity index (χ0v) is 16.8. The highest BCUT2D eigenvalue weighted by molar-refractivity contribution is 7.18. The molecule has 1 amide bonds. The summed E-state index contributed by atoms with van der Waals surface area (Å²) in [5.74, 6) is -2.41. The number of nitrogens with zero attached hydrogens (tertiary/aromatic N) is 3. The van der Waals surface area contributed by atoms with Gasteiger partial charge in [0, 0.05) is 27.5 Å². The SMILES string of the molecule is N#CC(NC(=O)Cn1cnc2scc(-c3cccs3)c2c1=O)c1ccc(F)cc1F. The highest BCUT2D eigenvalue weighted by Crippen LogP contribution is 2.33. The average molecular weight is 442 g/mol. The largest absolute Gasteiger partial charge is 0.335 e. The minimum Gasteiger partial charge on any atom is -0.335 e. The van der Waals surface area contributed by atoms with Gasteiger partial charge in [0.05, 0.1) is 17.8 Å². The van der Waals surface area contributed by atoms with Gasteiger partial charge in [0.15, 0.2) is 0 Å². The lowest BCUT2D eigenvalue weighted by molar-refractivity contribution is -0.122. The van der Waals surface area contributed by atoms with E-state index in [0.29, 0.717) is 16.3 Å². The number of hydrogen-bond donors (Lipinski definition) is 1. The van der Waals surface area contributed by atoms with Gasteiger partial charge >= 0.3 is 0 Å². The smallest absolute Gasteiger partial charge is 0.263 e. The number of rotatable bonds is 5. The van der Waals surface area contributed by atoms with Gasteiger partial charge in [0.2, 0.25) is 5.91 Å². The van der Waals surface area contributed by atoms with Crippen LogP contribution < -0.4 is 10.9 Å². The summed E-state index contributed by atoms with van der Waals surface area (Å²) in [5, 5.41) is 15.8. The molecule has 0 aliphatic heterocycles. The van der Waals surface area contributed by atoms with Crippen molar-refractivity contribution in [3.05, 3.63) is 75.0 Å². The first-order valence-electron chi connectivity index (χ1n) is 8.62. The standard InChI is InChI=1S/C20H12F2N4O2S2/c21-11-3-4-12(14(22)6-11)15(7-23)25-17(27)8-26-10-24-19-18(20(26)28)13(9-30-19)16-2-1-5-29-16/h1-6,9-10,15H,8H2,(H,25,27). The lowest BCUT2D eigenvalue weighted by atomic mass is 10.1. The molecule has 1 atom stereocenters. The number of carbonyl (C=O) groups excluding carboxylic acids is 1. The molecule has 3 heterocycles. The number of amides is 1. The molecule has 0 saturated carbocycles. The molecule has 1 aromatic carbocycles. The Hall–Kier alpha value is -3.42. The van der Waals surface area contributed by atoms with Gasteiger partial charge in [-0.25, -0.2) is 13.8 Å². The van der Waals surface area contributed by atoms with Crippen molar-refractivity contribution < 1.29 is 13.6 Å². The van der Waals surface area contributed by atoms with Crippen LogP contribution in [0.2, 0.25) is 0 Å². The summed E-state index contributed by atoms with van der Waals surface area (Å²) in [6.07, 6.45) is 1.26. The molecule has 6 nitrogen and oxygen atoms in total. The molecule has 0 bridgehead atoms. The van der Waals surface area contributed by atoms with Gasteiger partial charge < -0.3 is 5.32 Å². The first-order chi connectivity index (χ1) is 14.5. The van der Waals surface area contributed by atoms with E-state index in [-0.39, 0.29) is 11.1 Å². The van der Waals surface area contributed by atoms with E-state index in [4.69, 9.17) is 0 Å². The number of halogens is 2. The van der Waals surface area contributed by atoms with Crippen LogP contribution >= 0.6 is 22.7 Å². The summed E-state index contributed by atoms with van der Waals surface area (Å²) in [6.45, 7) is -0.400. The molecule has 0 fully saturated rings. The van der Waals surface area contributed by atoms with Crippen molar-refractivity contribution in [2.75, 3.05) is 0 Å². The van der Waals surface area contributed by atoms with E-state index in [0.717, 1.165) is 27.1 Å². The molecular formula is C20H12F2N4O2S2. The fourth-order valence-corrected chi connectivity index (χ4v) is 4.69. The van der Waals surface area contributed by atoms with E-state index in [1.165, 1.54) is 29.0 Å². The van der Waals surface area contributed by atoms with Crippen molar-refractivity contribution in [3.8, 4) is 16.5 Å². The van der Waals surface area contributed by atoms with Gasteiger partial charge in [-0.05, 0) is 17.5 Å². The third-order valence-corrected chi connectivity index (χ3v) is 6.16. The van der Waals surface area contributed by atoms with Crippen molar-refractivity contribution in [2.24, 2.45) is 0 Å². The molecule has 1 N–H and O–H groups in total.